The van der Waals surface area contributed by atoms with Gasteiger partial charge >= 0.3 is 5.97 Å². The maximum Gasteiger partial charge on any atom is 0.308 e. The molecule has 28 heavy (non-hydrogen) atoms. The Labute approximate surface area is 161 Å². The Hall–Kier alpha value is -3.17. The van der Waals surface area contributed by atoms with Crippen molar-refractivity contribution in [2.75, 3.05) is 38.2 Å². The fraction of sp³-hybridized carbons (Fsp3) is 0.500. The topological polar surface area (TPSA) is 122 Å². The molecule has 2 aliphatic rings. The number of esters is 1. The Morgan fingerprint density at radius 3 is 2.64 bits per heavy atom. The molecule has 0 radical (unpaired) electrons. The van der Waals surface area contributed by atoms with E-state index in [0.29, 0.717) is 5.69 Å². The van der Waals surface area contributed by atoms with E-state index >= 15 is 0 Å². The average molecular weight is 390 g/mol. The molecule has 0 saturated carbocycles. The average Bonchev–Trinajstić information content (AvgIpc) is 3.23. The van der Waals surface area contributed by atoms with Gasteiger partial charge in [-0.15, -0.1) is 0 Å². The molecule has 3 rings (SSSR count). The van der Waals surface area contributed by atoms with Crippen molar-refractivity contribution in [2.45, 2.75) is 25.3 Å². The zero-order chi connectivity index (χ0) is 20.3. The van der Waals surface area contributed by atoms with Gasteiger partial charge in [-0.2, -0.15) is 0 Å². The zero-order valence-electron chi connectivity index (χ0n) is 15.6. The van der Waals surface area contributed by atoms with E-state index in [-0.39, 0.29) is 30.8 Å². The molecule has 1 N–H and O–H groups in total. The predicted molar refractivity (Wildman–Crippen MR) is 99.0 cm³/mol. The van der Waals surface area contributed by atoms with E-state index in [9.17, 15) is 24.5 Å². The largest absolute Gasteiger partial charge is 0.469 e. The summed E-state index contributed by atoms with van der Waals surface area (Å²) in [5, 5.41) is 14.2. The van der Waals surface area contributed by atoms with Crippen molar-refractivity contribution in [1.82, 2.24) is 10.2 Å². The van der Waals surface area contributed by atoms with Crippen LogP contribution in [0.5, 0.6) is 0 Å². The van der Waals surface area contributed by atoms with E-state index in [1.54, 1.807) is 6.07 Å². The summed E-state index contributed by atoms with van der Waals surface area (Å²) in [6, 6.07) is 3.35. The highest BCUT2D eigenvalue weighted by Crippen LogP contribution is 2.32. The molecule has 0 aromatic heterocycles. The first-order valence-electron chi connectivity index (χ1n) is 9.11. The van der Waals surface area contributed by atoms with Gasteiger partial charge in [0.1, 0.15) is 11.7 Å². The summed E-state index contributed by atoms with van der Waals surface area (Å²) in [6.45, 7) is 1.92. The summed E-state index contributed by atoms with van der Waals surface area (Å²) >= 11 is 0. The molecular formula is C18H22N4O6. The van der Waals surface area contributed by atoms with Crippen molar-refractivity contribution in [2.24, 2.45) is 0 Å². The second kappa shape index (κ2) is 8.24. The van der Waals surface area contributed by atoms with E-state index in [4.69, 9.17) is 0 Å². The molecule has 2 amide bonds. The Morgan fingerprint density at radius 1 is 1.29 bits per heavy atom. The SMILES string of the molecule is COC(=O)CC1C(=O)NCCN1C(=O)c1ccc(N2CCCC2)c([N+](=O)[O-])c1. The van der Waals surface area contributed by atoms with Crippen LogP contribution in [0.3, 0.4) is 0 Å². The predicted octanol–water partition coefficient (Wildman–Crippen LogP) is 0.699. The molecule has 2 aliphatic heterocycles. The number of nitrogens with zero attached hydrogens (tertiary/aromatic N) is 3. The number of nitrogens with one attached hydrogen (secondary N) is 1. The quantitative estimate of drug-likeness (QED) is 0.446. The third-order valence-electron chi connectivity index (χ3n) is 5.05. The van der Waals surface area contributed by atoms with Crippen molar-refractivity contribution in [1.29, 1.82) is 0 Å². The number of amides is 2. The number of rotatable bonds is 5. The third kappa shape index (κ3) is 3.90. The second-order valence-corrected chi connectivity index (χ2v) is 6.74. The molecule has 0 bridgehead atoms. The number of anilines is 1. The zero-order valence-corrected chi connectivity index (χ0v) is 15.6. The van der Waals surface area contributed by atoms with Gasteiger partial charge in [0, 0.05) is 37.8 Å². The molecule has 1 unspecified atom stereocenters. The number of benzene rings is 1. The highest BCUT2D eigenvalue weighted by molar-refractivity contribution is 6.00. The number of carbonyl (C=O) groups is 3. The van der Waals surface area contributed by atoms with E-state index in [2.05, 4.69) is 10.1 Å². The van der Waals surface area contributed by atoms with Crippen LogP contribution in [0.2, 0.25) is 0 Å². The monoisotopic (exact) mass is 390 g/mol. The first-order chi connectivity index (χ1) is 13.4. The summed E-state index contributed by atoms with van der Waals surface area (Å²) in [7, 11) is 1.20. The molecule has 0 aliphatic carbocycles. The molecule has 10 heteroatoms. The lowest BCUT2D eigenvalue weighted by Gasteiger charge is -2.34. The van der Waals surface area contributed by atoms with Crippen LogP contribution in [0, 0.1) is 10.1 Å². The molecule has 1 aromatic carbocycles. The molecule has 10 nitrogen and oxygen atoms in total. The normalized spacial score (nSPS) is 19.3. The number of nitro benzene ring substituents is 1. The number of ether oxygens (including phenoxy) is 1. The lowest BCUT2D eigenvalue weighted by Crippen LogP contribution is -2.57. The minimum Gasteiger partial charge on any atom is -0.469 e. The van der Waals surface area contributed by atoms with E-state index < -0.39 is 28.7 Å². The highest BCUT2D eigenvalue weighted by atomic mass is 16.6. The summed E-state index contributed by atoms with van der Waals surface area (Å²) in [6.07, 6.45) is 1.66. The Kier molecular flexibility index (Phi) is 5.76. The Morgan fingerprint density at radius 2 is 2.00 bits per heavy atom. The van der Waals surface area contributed by atoms with Crippen LogP contribution < -0.4 is 10.2 Å². The van der Waals surface area contributed by atoms with Crippen LogP contribution in [-0.2, 0) is 14.3 Å². The molecule has 2 saturated heterocycles. The maximum absolute atomic E-state index is 13.0. The van der Waals surface area contributed by atoms with Crippen molar-refractivity contribution >= 4 is 29.2 Å². The number of methoxy groups -OCH3 is 1. The summed E-state index contributed by atoms with van der Waals surface area (Å²) in [4.78, 5) is 51.0. The molecule has 1 aromatic rings. The molecule has 150 valence electrons. The number of nitro groups is 1. The van der Waals surface area contributed by atoms with Gasteiger partial charge in [-0.3, -0.25) is 24.5 Å². The summed E-state index contributed by atoms with van der Waals surface area (Å²) in [5.41, 5.74) is 0.458. The number of carbonyl (C=O) groups excluding carboxylic acids is 3. The van der Waals surface area contributed by atoms with Crippen molar-refractivity contribution in [3.63, 3.8) is 0 Å². The van der Waals surface area contributed by atoms with Gasteiger partial charge in [-0.05, 0) is 25.0 Å². The van der Waals surface area contributed by atoms with Gasteiger partial charge in [0.2, 0.25) is 5.91 Å². The standard InChI is InChI=1S/C18H22N4O6/c1-28-16(23)11-15-17(24)19-6-9-21(15)18(25)12-4-5-13(14(10-12)22(26)27)20-7-2-3-8-20/h4-5,10,15H,2-3,6-9,11H2,1H3,(H,19,24). The first-order valence-corrected chi connectivity index (χ1v) is 9.11. The molecular weight excluding hydrogens is 368 g/mol. The van der Waals surface area contributed by atoms with Gasteiger partial charge in [0.25, 0.3) is 11.6 Å². The molecule has 1 atom stereocenters. The molecule has 2 fully saturated rings. The highest BCUT2D eigenvalue weighted by Gasteiger charge is 2.36. The van der Waals surface area contributed by atoms with Crippen molar-refractivity contribution in [3.05, 3.63) is 33.9 Å². The van der Waals surface area contributed by atoms with Crippen molar-refractivity contribution < 1.29 is 24.0 Å². The fourth-order valence-corrected chi connectivity index (χ4v) is 3.60. The Balaban J connectivity index is 1.89. The van der Waals surface area contributed by atoms with Gasteiger partial charge < -0.3 is 19.9 Å². The molecule has 0 spiro atoms. The first kappa shape index (κ1) is 19.6. The van der Waals surface area contributed by atoms with Crippen LogP contribution in [0.15, 0.2) is 18.2 Å². The molecule has 2 heterocycles. The number of hydrogen-bond donors (Lipinski definition) is 1. The summed E-state index contributed by atoms with van der Waals surface area (Å²) < 4.78 is 4.61. The van der Waals surface area contributed by atoms with E-state index in [1.807, 2.05) is 4.90 Å². The lowest BCUT2D eigenvalue weighted by atomic mass is 10.1. The third-order valence-corrected chi connectivity index (χ3v) is 5.05. The van der Waals surface area contributed by atoms with Crippen LogP contribution in [0.25, 0.3) is 0 Å². The number of piperazine rings is 1. The summed E-state index contributed by atoms with van der Waals surface area (Å²) in [5.74, 6) is -1.59. The van der Waals surface area contributed by atoms with Crippen LogP contribution >= 0.6 is 0 Å². The van der Waals surface area contributed by atoms with Crippen molar-refractivity contribution in [3.8, 4) is 0 Å². The van der Waals surface area contributed by atoms with E-state index in [1.165, 1.54) is 24.1 Å². The van der Waals surface area contributed by atoms with Gasteiger partial charge in [0.05, 0.1) is 18.5 Å². The maximum atomic E-state index is 13.0. The second-order valence-electron chi connectivity index (χ2n) is 6.74. The minimum atomic E-state index is -1.01. The van der Waals surface area contributed by atoms with Gasteiger partial charge in [-0.25, -0.2) is 0 Å². The van der Waals surface area contributed by atoms with Crippen LogP contribution in [-0.4, -0.2) is 66.9 Å². The van der Waals surface area contributed by atoms with Gasteiger partial charge in [0.15, 0.2) is 0 Å². The van der Waals surface area contributed by atoms with Gasteiger partial charge in [-0.1, -0.05) is 0 Å². The van der Waals surface area contributed by atoms with Crippen LogP contribution in [0.4, 0.5) is 11.4 Å². The number of hydrogen-bond acceptors (Lipinski definition) is 7. The van der Waals surface area contributed by atoms with Crippen LogP contribution in [0.1, 0.15) is 29.6 Å². The fourth-order valence-electron chi connectivity index (χ4n) is 3.60. The Bertz CT molecular complexity index is 805. The lowest BCUT2D eigenvalue weighted by molar-refractivity contribution is -0.384. The minimum absolute atomic E-state index is 0.110. The van der Waals surface area contributed by atoms with E-state index in [0.717, 1.165) is 25.9 Å². The smallest absolute Gasteiger partial charge is 0.308 e.